The summed E-state index contributed by atoms with van der Waals surface area (Å²) in [6.07, 6.45) is 0. The summed E-state index contributed by atoms with van der Waals surface area (Å²) in [6, 6.07) is 10.7. The van der Waals surface area contributed by atoms with E-state index in [4.69, 9.17) is 0 Å². The van der Waals surface area contributed by atoms with Crippen LogP contribution in [0.5, 0.6) is 0 Å². The lowest BCUT2D eigenvalue weighted by molar-refractivity contribution is 0.205. The minimum Gasteiger partial charge on any atom is -0.312 e. The van der Waals surface area contributed by atoms with Crippen molar-refractivity contribution in [2.45, 2.75) is 58.7 Å². The van der Waals surface area contributed by atoms with Crippen LogP contribution in [0.15, 0.2) is 24.3 Å². The van der Waals surface area contributed by atoms with Gasteiger partial charge >= 0.3 is 0 Å². The highest BCUT2D eigenvalue weighted by atomic mass is 15.3. The monoisotopic (exact) mass is 323 g/mol. The van der Waals surface area contributed by atoms with E-state index in [0.717, 1.165) is 43.4 Å². The second kappa shape index (κ2) is 6.37. The maximum atomic E-state index is 9.48. The molecule has 0 atom stereocenters. The lowest BCUT2D eigenvalue weighted by atomic mass is 9.83. The summed E-state index contributed by atoms with van der Waals surface area (Å²) in [5, 5.41) is 18.2. The molecule has 3 rings (SSSR count). The molecule has 2 aromatic rings. The maximum Gasteiger partial charge on any atom is 0.147 e. The Morgan fingerprint density at radius 1 is 1.21 bits per heavy atom. The van der Waals surface area contributed by atoms with Gasteiger partial charge in [-0.05, 0) is 25.0 Å². The van der Waals surface area contributed by atoms with E-state index in [-0.39, 0.29) is 0 Å². The molecular formula is C19H25N5. The van der Waals surface area contributed by atoms with Crippen molar-refractivity contribution in [2.75, 3.05) is 6.54 Å². The third-order valence-corrected chi connectivity index (χ3v) is 4.74. The normalized spacial score (nSPS) is 15.3. The smallest absolute Gasteiger partial charge is 0.147 e. The third kappa shape index (κ3) is 3.07. The number of nitrogens with zero attached hydrogens (tertiary/aromatic N) is 5. The topological polar surface area (TPSA) is 57.7 Å². The third-order valence-electron chi connectivity index (χ3n) is 4.74. The predicted molar refractivity (Wildman–Crippen MR) is 93.3 cm³/mol. The summed E-state index contributed by atoms with van der Waals surface area (Å²) < 4.78 is 2.26. The first-order chi connectivity index (χ1) is 11.4. The highest BCUT2D eigenvalue weighted by Gasteiger charge is 2.26. The molecule has 0 fully saturated rings. The van der Waals surface area contributed by atoms with Gasteiger partial charge in [-0.15, -0.1) is 10.2 Å². The highest BCUT2D eigenvalue weighted by molar-refractivity contribution is 5.37. The zero-order valence-electron chi connectivity index (χ0n) is 15.0. The molecule has 5 heteroatoms. The number of nitriles is 1. The number of rotatable bonds is 4. The summed E-state index contributed by atoms with van der Waals surface area (Å²) in [7, 11) is 0. The average Bonchev–Trinajstić information content (AvgIpc) is 2.98. The fourth-order valence-electron chi connectivity index (χ4n) is 3.36. The zero-order valence-corrected chi connectivity index (χ0v) is 15.0. The Labute approximate surface area is 143 Å². The van der Waals surface area contributed by atoms with Gasteiger partial charge in [-0.3, -0.25) is 4.90 Å². The van der Waals surface area contributed by atoms with E-state index < -0.39 is 5.41 Å². The van der Waals surface area contributed by atoms with Crippen LogP contribution in [0.3, 0.4) is 0 Å². The second-order valence-electron chi connectivity index (χ2n) is 7.39. The van der Waals surface area contributed by atoms with E-state index in [1.54, 1.807) is 0 Å². The summed E-state index contributed by atoms with van der Waals surface area (Å²) >= 11 is 0. The highest BCUT2D eigenvalue weighted by Crippen LogP contribution is 2.27. The molecule has 0 N–H and O–H groups in total. The van der Waals surface area contributed by atoms with Crippen molar-refractivity contribution in [1.82, 2.24) is 19.7 Å². The molecule has 0 unspecified atom stereocenters. The van der Waals surface area contributed by atoms with Gasteiger partial charge in [0.2, 0.25) is 0 Å². The molecule has 126 valence electrons. The van der Waals surface area contributed by atoms with E-state index in [0.29, 0.717) is 5.92 Å². The van der Waals surface area contributed by atoms with Crippen molar-refractivity contribution in [2.24, 2.45) is 0 Å². The fraction of sp³-hybridized carbons (Fsp3) is 0.526. The average molecular weight is 323 g/mol. The molecule has 0 spiro atoms. The number of benzene rings is 1. The minimum atomic E-state index is -0.475. The Hall–Kier alpha value is -2.19. The Kier molecular flexibility index (Phi) is 4.42. The standard InChI is InChI=1S/C19H25N5/c1-14(2)18-22-21-17-12-23(9-10-24(17)18)11-15-7-5-6-8-16(15)19(3,4)13-20/h5-8,14H,9-12H2,1-4H3. The zero-order chi connectivity index (χ0) is 17.3. The summed E-state index contributed by atoms with van der Waals surface area (Å²) in [4.78, 5) is 2.39. The van der Waals surface area contributed by atoms with Gasteiger partial charge in [0.05, 0.1) is 18.0 Å². The largest absolute Gasteiger partial charge is 0.312 e. The Morgan fingerprint density at radius 2 is 1.96 bits per heavy atom. The maximum absolute atomic E-state index is 9.48. The van der Waals surface area contributed by atoms with Gasteiger partial charge in [-0.2, -0.15) is 5.26 Å². The Bertz CT molecular complexity index is 766. The lowest BCUT2D eigenvalue weighted by Gasteiger charge is -2.30. The van der Waals surface area contributed by atoms with Crippen LogP contribution in [0.1, 0.15) is 56.4 Å². The number of aromatic nitrogens is 3. The molecule has 1 aromatic carbocycles. The van der Waals surface area contributed by atoms with Gasteiger partial charge in [0, 0.05) is 25.6 Å². The quantitative estimate of drug-likeness (QED) is 0.867. The van der Waals surface area contributed by atoms with Crippen LogP contribution in [0, 0.1) is 11.3 Å². The van der Waals surface area contributed by atoms with Gasteiger partial charge in [-0.1, -0.05) is 38.1 Å². The molecule has 2 heterocycles. The molecule has 1 aliphatic heterocycles. The van der Waals surface area contributed by atoms with Crippen LogP contribution < -0.4 is 0 Å². The first-order valence-electron chi connectivity index (χ1n) is 8.56. The minimum absolute atomic E-state index is 0.398. The van der Waals surface area contributed by atoms with Crippen molar-refractivity contribution in [3.63, 3.8) is 0 Å². The van der Waals surface area contributed by atoms with Crippen molar-refractivity contribution in [3.8, 4) is 6.07 Å². The molecule has 0 saturated heterocycles. The van der Waals surface area contributed by atoms with Crippen LogP contribution >= 0.6 is 0 Å². The van der Waals surface area contributed by atoms with E-state index in [1.165, 1.54) is 5.56 Å². The van der Waals surface area contributed by atoms with Crippen molar-refractivity contribution in [3.05, 3.63) is 47.0 Å². The molecule has 1 aliphatic rings. The Morgan fingerprint density at radius 3 is 2.67 bits per heavy atom. The molecule has 0 saturated carbocycles. The van der Waals surface area contributed by atoms with Gasteiger partial charge in [0.15, 0.2) is 0 Å². The number of hydrogen-bond donors (Lipinski definition) is 0. The molecule has 1 aromatic heterocycles. The van der Waals surface area contributed by atoms with Crippen LogP contribution in [-0.2, 0) is 25.0 Å². The fourth-order valence-corrected chi connectivity index (χ4v) is 3.36. The molecule has 24 heavy (non-hydrogen) atoms. The van der Waals surface area contributed by atoms with Gasteiger partial charge in [0.25, 0.3) is 0 Å². The summed E-state index contributed by atoms with van der Waals surface area (Å²) in [5.41, 5.74) is 1.86. The van der Waals surface area contributed by atoms with E-state index in [1.807, 2.05) is 19.9 Å². The van der Waals surface area contributed by atoms with E-state index in [2.05, 4.69) is 57.8 Å². The van der Waals surface area contributed by atoms with E-state index in [9.17, 15) is 5.26 Å². The van der Waals surface area contributed by atoms with Gasteiger partial charge in [-0.25, -0.2) is 0 Å². The van der Waals surface area contributed by atoms with Gasteiger partial charge in [0.1, 0.15) is 11.6 Å². The summed E-state index contributed by atoms with van der Waals surface area (Å²) in [5.74, 6) is 2.52. The molecule has 0 aliphatic carbocycles. The second-order valence-corrected chi connectivity index (χ2v) is 7.39. The van der Waals surface area contributed by atoms with Crippen molar-refractivity contribution >= 4 is 0 Å². The first-order valence-corrected chi connectivity index (χ1v) is 8.56. The van der Waals surface area contributed by atoms with Crippen molar-refractivity contribution in [1.29, 1.82) is 5.26 Å². The van der Waals surface area contributed by atoms with Crippen LogP contribution in [0.4, 0.5) is 0 Å². The lowest BCUT2D eigenvalue weighted by Crippen LogP contribution is -2.34. The van der Waals surface area contributed by atoms with Crippen LogP contribution in [0.25, 0.3) is 0 Å². The molecular weight excluding hydrogens is 298 g/mol. The van der Waals surface area contributed by atoms with E-state index >= 15 is 0 Å². The predicted octanol–water partition coefficient (Wildman–Crippen LogP) is 3.22. The van der Waals surface area contributed by atoms with Crippen molar-refractivity contribution < 1.29 is 0 Å². The first kappa shape index (κ1) is 16.7. The van der Waals surface area contributed by atoms with Gasteiger partial charge < -0.3 is 4.57 Å². The number of hydrogen-bond acceptors (Lipinski definition) is 4. The molecule has 5 nitrogen and oxygen atoms in total. The van der Waals surface area contributed by atoms with Crippen LogP contribution in [0.2, 0.25) is 0 Å². The number of fused-ring (bicyclic) bond motifs is 1. The van der Waals surface area contributed by atoms with Crippen LogP contribution in [-0.4, -0.2) is 26.2 Å². The summed E-state index contributed by atoms with van der Waals surface area (Å²) in [6.45, 7) is 11.8. The molecule has 0 radical (unpaired) electrons. The Balaban J connectivity index is 1.81. The SMILES string of the molecule is CC(C)c1nnc2n1CCN(Cc1ccccc1C(C)(C)C#N)C2. The molecule has 0 amide bonds. The molecule has 0 bridgehead atoms.